The SMILES string of the molecule is [CH2]c1ccc(Oc2cccc(OC(F)(F)F)c2)cc1. The first-order chi connectivity index (χ1) is 8.92. The van der Waals surface area contributed by atoms with Crippen LogP contribution in [0, 0.1) is 6.92 Å². The Bertz CT molecular complexity index is 547. The lowest BCUT2D eigenvalue weighted by atomic mass is 10.2. The Morgan fingerprint density at radius 3 is 2.11 bits per heavy atom. The molecule has 99 valence electrons. The molecule has 0 aliphatic carbocycles. The molecule has 2 aromatic rings. The first-order valence-electron chi connectivity index (χ1n) is 5.38. The lowest BCUT2D eigenvalue weighted by Crippen LogP contribution is -2.16. The highest BCUT2D eigenvalue weighted by molar-refractivity contribution is 5.37. The highest BCUT2D eigenvalue weighted by atomic mass is 19.4. The summed E-state index contributed by atoms with van der Waals surface area (Å²) in [6.07, 6.45) is -4.71. The number of ether oxygens (including phenoxy) is 2. The summed E-state index contributed by atoms with van der Waals surface area (Å²) in [5.74, 6) is 0.453. The Morgan fingerprint density at radius 1 is 0.842 bits per heavy atom. The average Bonchev–Trinajstić information content (AvgIpc) is 2.30. The first kappa shape index (κ1) is 13.3. The molecule has 2 rings (SSSR count). The van der Waals surface area contributed by atoms with E-state index in [9.17, 15) is 13.2 Å². The topological polar surface area (TPSA) is 18.5 Å². The standard InChI is InChI=1S/C14H10F3O2/c1-10-5-7-11(8-6-10)18-12-3-2-4-13(9-12)19-14(15,16)17/h2-9H,1H2. The lowest BCUT2D eigenvalue weighted by Gasteiger charge is -2.10. The maximum atomic E-state index is 12.1. The van der Waals surface area contributed by atoms with Crippen LogP contribution in [0.15, 0.2) is 48.5 Å². The average molecular weight is 267 g/mol. The van der Waals surface area contributed by atoms with Crippen LogP contribution < -0.4 is 9.47 Å². The zero-order valence-electron chi connectivity index (χ0n) is 9.78. The van der Waals surface area contributed by atoms with E-state index in [1.54, 1.807) is 30.3 Å². The molecule has 0 heterocycles. The van der Waals surface area contributed by atoms with Gasteiger partial charge in [0.05, 0.1) is 0 Å². The largest absolute Gasteiger partial charge is 0.573 e. The predicted octanol–water partition coefficient (Wildman–Crippen LogP) is 4.56. The molecule has 0 spiro atoms. The fraction of sp³-hybridized carbons (Fsp3) is 0.0714. The number of hydrogen-bond acceptors (Lipinski definition) is 2. The number of rotatable bonds is 3. The normalized spacial score (nSPS) is 11.2. The highest BCUT2D eigenvalue weighted by Gasteiger charge is 2.31. The van der Waals surface area contributed by atoms with Crippen molar-refractivity contribution < 1.29 is 22.6 Å². The van der Waals surface area contributed by atoms with E-state index in [0.717, 1.165) is 5.56 Å². The molecule has 0 saturated carbocycles. The van der Waals surface area contributed by atoms with Crippen molar-refractivity contribution in [3.8, 4) is 17.2 Å². The Balaban J connectivity index is 2.13. The van der Waals surface area contributed by atoms with Crippen molar-refractivity contribution in [2.24, 2.45) is 0 Å². The Hall–Kier alpha value is -2.17. The van der Waals surface area contributed by atoms with Crippen molar-refractivity contribution in [1.29, 1.82) is 0 Å². The minimum atomic E-state index is -4.71. The molecule has 0 fully saturated rings. The van der Waals surface area contributed by atoms with Gasteiger partial charge >= 0.3 is 6.36 Å². The molecule has 0 bridgehead atoms. The third-order valence-electron chi connectivity index (χ3n) is 2.20. The van der Waals surface area contributed by atoms with Crippen LogP contribution in [0.5, 0.6) is 17.2 Å². The first-order valence-corrected chi connectivity index (χ1v) is 5.38. The molecule has 2 nitrogen and oxygen atoms in total. The molecule has 0 amide bonds. The molecule has 0 aliphatic heterocycles. The fourth-order valence-electron chi connectivity index (χ4n) is 1.43. The Kier molecular flexibility index (Phi) is 3.64. The van der Waals surface area contributed by atoms with Gasteiger partial charge in [0.25, 0.3) is 0 Å². The van der Waals surface area contributed by atoms with Gasteiger partial charge in [0.1, 0.15) is 17.2 Å². The lowest BCUT2D eigenvalue weighted by molar-refractivity contribution is -0.274. The van der Waals surface area contributed by atoms with Gasteiger partial charge in [0.2, 0.25) is 0 Å². The van der Waals surface area contributed by atoms with Crippen molar-refractivity contribution in [3.63, 3.8) is 0 Å². The second-order valence-electron chi connectivity index (χ2n) is 3.77. The molecule has 2 aromatic carbocycles. The monoisotopic (exact) mass is 267 g/mol. The van der Waals surface area contributed by atoms with Crippen LogP contribution in [0.3, 0.4) is 0 Å². The van der Waals surface area contributed by atoms with E-state index in [0.29, 0.717) is 5.75 Å². The highest BCUT2D eigenvalue weighted by Crippen LogP contribution is 2.28. The van der Waals surface area contributed by atoms with Gasteiger partial charge in [-0.3, -0.25) is 0 Å². The van der Waals surface area contributed by atoms with Gasteiger partial charge in [-0.2, -0.15) is 0 Å². The van der Waals surface area contributed by atoms with Crippen LogP contribution in [0.4, 0.5) is 13.2 Å². The molecule has 1 radical (unpaired) electrons. The van der Waals surface area contributed by atoms with E-state index in [-0.39, 0.29) is 11.5 Å². The smallest absolute Gasteiger partial charge is 0.457 e. The summed E-state index contributed by atoms with van der Waals surface area (Å²) in [6, 6.07) is 12.2. The molecule has 5 heteroatoms. The summed E-state index contributed by atoms with van der Waals surface area (Å²) < 4.78 is 45.4. The molecular weight excluding hydrogens is 257 g/mol. The zero-order valence-corrected chi connectivity index (χ0v) is 9.78. The van der Waals surface area contributed by atoms with Gasteiger partial charge in [0.15, 0.2) is 0 Å². The third-order valence-corrected chi connectivity index (χ3v) is 2.20. The van der Waals surface area contributed by atoms with Gasteiger partial charge in [-0.15, -0.1) is 13.2 Å². The summed E-state index contributed by atoms with van der Waals surface area (Å²) in [5, 5.41) is 0. The number of benzene rings is 2. The van der Waals surface area contributed by atoms with E-state index >= 15 is 0 Å². The van der Waals surface area contributed by atoms with E-state index in [1.807, 2.05) is 0 Å². The van der Waals surface area contributed by atoms with E-state index < -0.39 is 6.36 Å². The van der Waals surface area contributed by atoms with Crippen LogP contribution in [0.25, 0.3) is 0 Å². The maximum absolute atomic E-state index is 12.1. The molecule has 0 unspecified atom stereocenters. The molecule has 19 heavy (non-hydrogen) atoms. The van der Waals surface area contributed by atoms with Crippen LogP contribution in [-0.4, -0.2) is 6.36 Å². The quantitative estimate of drug-likeness (QED) is 0.811. The fourth-order valence-corrected chi connectivity index (χ4v) is 1.43. The third kappa shape index (κ3) is 4.21. The minimum absolute atomic E-state index is 0.263. The van der Waals surface area contributed by atoms with Crippen molar-refractivity contribution >= 4 is 0 Å². The van der Waals surface area contributed by atoms with Crippen molar-refractivity contribution in [2.75, 3.05) is 0 Å². The molecule has 0 aliphatic rings. The summed E-state index contributed by atoms with van der Waals surface area (Å²) in [5.41, 5.74) is 0.821. The number of halogens is 3. The molecule has 0 saturated heterocycles. The van der Waals surface area contributed by atoms with Crippen LogP contribution >= 0.6 is 0 Å². The van der Waals surface area contributed by atoms with Gasteiger partial charge in [0, 0.05) is 6.07 Å². The molecular formula is C14H10F3O2. The molecule has 0 N–H and O–H groups in total. The summed E-state index contributed by atoms with van der Waals surface area (Å²) in [7, 11) is 0. The number of alkyl halides is 3. The van der Waals surface area contributed by atoms with Crippen molar-refractivity contribution in [1.82, 2.24) is 0 Å². The number of hydrogen-bond donors (Lipinski definition) is 0. The summed E-state index contributed by atoms with van der Waals surface area (Å²) in [4.78, 5) is 0. The van der Waals surface area contributed by atoms with Crippen molar-refractivity contribution in [2.45, 2.75) is 6.36 Å². The minimum Gasteiger partial charge on any atom is -0.457 e. The van der Waals surface area contributed by atoms with Gasteiger partial charge in [-0.1, -0.05) is 18.2 Å². The van der Waals surface area contributed by atoms with E-state index in [1.165, 1.54) is 18.2 Å². The maximum Gasteiger partial charge on any atom is 0.573 e. The van der Waals surface area contributed by atoms with E-state index in [2.05, 4.69) is 11.7 Å². The molecule has 0 atom stereocenters. The van der Waals surface area contributed by atoms with Crippen LogP contribution in [0.2, 0.25) is 0 Å². The van der Waals surface area contributed by atoms with Gasteiger partial charge in [-0.25, -0.2) is 0 Å². The summed E-state index contributed by atoms with van der Waals surface area (Å²) >= 11 is 0. The zero-order chi connectivity index (χ0) is 13.9. The van der Waals surface area contributed by atoms with Crippen LogP contribution in [0.1, 0.15) is 5.56 Å². The Labute approximate surface area is 108 Å². The second kappa shape index (κ2) is 5.22. The molecule has 0 aromatic heterocycles. The van der Waals surface area contributed by atoms with E-state index in [4.69, 9.17) is 4.74 Å². The van der Waals surface area contributed by atoms with Crippen molar-refractivity contribution in [3.05, 3.63) is 61.0 Å². The van der Waals surface area contributed by atoms with Gasteiger partial charge < -0.3 is 9.47 Å². The summed E-state index contributed by atoms with van der Waals surface area (Å²) in [6.45, 7) is 3.72. The van der Waals surface area contributed by atoms with Gasteiger partial charge in [-0.05, 0) is 36.8 Å². The predicted molar refractivity (Wildman–Crippen MR) is 64.1 cm³/mol. The Morgan fingerprint density at radius 2 is 1.47 bits per heavy atom. The second-order valence-corrected chi connectivity index (χ2v) is 3.77. The van der Waals surface area contributed by atoms with Crippen LogP contribution in [-0.2, 0) is 0 Å².